The lowest BCUT2D eigenvalue weighted by Gasteiger charge is -2.18. The van der Waals surface area contributed by atoms with Crippen LogP contribution in [0.4, 0.5) is 0 Å². The molecule has 3 nitrogen and oxygen atoms in total. The molecule has 10 aromatic carbocycles. The Morgan fingerprint density at radius 2 is 0.836 bits per heavy atom. The van der Waals surface area contributed by atoms with Crippen LogP contribution in [-0.2, 0) is 0 Å². The van der Waals surface area contributed by atoms with E-state index >= 15 is 0 Å². The Labute approximate surface area is 350 Å². The van der Waals surface area contributed by atoms with E-state index in [0.29, 0.717) is 0 Å². The van der Waals surface area contributed by atoms with E-state index in [2.05, 4.69) is 211 Å². The Hall–Kier alpha value is -8.14. The van der Waals surface area contributed by atoms with E-state index in [1.807, 2.05) is 6.07 Å². The quantitative estimate of drug-likeness (QED) is 0.163. The minimum Gasteiger partial charge on any atom is -0.456 e. The fourth-order valence-electron chi connectivity index (χ4n) is 10.0. The van der Waals surface area contributed by atoms with Crippen molar-refractivity contribution in [1.82, 2.24) is 4.57 Å². The SMILES string of the molecule is c1ccc(-c2oc3cc4c(cc3c2-c2ccccc2)oc2ccc(-c3c5ccccc5c(-c5cccc6c5c5ccccc5n6-c5ccccc5)c5ccccc35)cc24)cc1. The number of aromatic nitrogens is 1. The predicted octanol–water partition coefficient (Wildman–Crippen LogP) is 16.4. The number of fused-ring (bicyclic) bond motifs is 9. The summed E-state index contributed by atoms with van der Waals surface area (Å²) in [5.74, 6) is 0.859. The Kier molecular flexibility index (Phi) is 7.31. The molecule has 3 heteroatoms. The van der Waals surface area contributed by atoms with Gasteiger partial charge in [-0.05, 0) is 97.9 Å². The fraction of sp³-hybridized carbons (Fsp3) is 0. The van der Waals surface area contributed by atoms with Crippen LogP contribution in [0.3, 0.4) is 0 Å². The van der Waals surface area contributed by atoms with Crippen LogP contribution in [0.2, 0.25) is 0 Å². The average Bonchev–Trinajstić information content (AvgIpc) is 4.00. The van der Waals surface area contributed by atoms with Crippen LogP contribution >= 0.6 is 0 Å². The van der Waals surface area contributed by atoms with Gasteiger partial charge in [0, 0.05) is 43.7 Å². The van der Waals surface area contributed by atoms with Crippen LogP contribution in [0.25, 0.3) is 127 Å². The molecule has 0 atom stereocenters. The third-order valence-corrected chi connectivity index (χ3v) is 12.6. The molecule has 0 aliphatic carbocycles. The summed E-state index contributed by atoms with van der Waals surface area (Å²) >= 11 is 0. The molecule has 0 aliphatic rings. The van der Waals surface area contributed by atoms with Gasteiger partial charge in [0.05, 0.1) is 11.0 Å². The van der Waals surface area contributed by atoms with Crippen LogP contribution in [0, 0.1) is 0 Å². The summed E-state index contributed by atoms with van der Waals surface area (Å²) in [6, 6.07) is 76.0. The van der Waals surface area contributed by atoms with Gasteiger partial charge in [0.15, 0.2) is 0 Å². The van der Waals surface area contributed by atoms with Gasteiger partial charge >= 0.3 is 0 Å². The van der Waals surface area contributed by atoms with Crippen molar-refractivity contribution < 1.29 is 8.83 Å². The lowest BCUT2D eigenvalue weighted by Crippen LogP contribution is -1.93. The molecule has 0 bridgehead atoms. The number of para-hydroxylation sites is 2. The highest BCUT2D eigenvalue weighted by molar-refractivity contribution is 6.27. The van der Waals surface area contributed by atoms with Gasteiger partial charge in [-0.2, -0.15) is 0 Å². The Morgan fingerprint density at radius 3 is 1.54 bits per heavy atom. The first-order chi connectivity index (χ1) is 30.3. The van der Waals surface area contributed by atoms with Gasteiger partial charge in [-0.3, -0.25) is 0 Å². The highest BCUT2D eigenvalue weighted by Crippen LogP contribution is 2.49. The van der Waals surface area contributed by atoms with Crippen LogP contribution in [0.1, 0.15) is 0 Å². The highest BCUT2D eigenvalue weighted by Gasteiger charge is 2.23. The minimum atomic E-state index is 0.835. The Bertz CT molecular complexity index is 3800. The number of nitrogens with zero attached hydrogens (tertiary/aromatic N) is 1. The molecule has 0 saturated heterocycles. The second kappa shape index (κ2) is 13.2. The van der Waals surface area contributed by atoms with Gasteiger partial charge in [-0.25, -0.2) is 0 Å². The third-order valence-electron chi connectivity index (χ3n) is 12.6. The van der Waals surface area contributed by atoms with E-state index in [-0.39, 0.29) is 0 Å². The third kappa shape index (κ3) is 5.04. The standard InChI is InChI=1S/C58H35NO2/c1-4-17-36(18-5-1)55-48-35-52-47(34-53(48)61-58(55)37-19-6-2-7-20-37)46-33-38(31-32-51(46)60-52)54-40-23-10-12-25-42(40)56(43-26-13-11-24-41(43)54)45-28-16-30-50-57(45)44-27-14-15-29-49(44)59(50)39-21-8-3-9-22-39/h1-35H. The molecule has 13 rings (SSSR count). The first-order valence-electron chi connectivity index (χ1n) is 20.8. The van der Waals surface area contributed by atoms with E-state index < -0.39 is 0 Å². The number of furan rings is 2. The summed E-state index contributed by atoms with van der Waals surface area (Å²) in [6.07, 6.45) is 0. The largest absolute Gasteiger partial charge is 0.456 e. The van der Waals surface area contributed by atoms with Crippen LogP contribution < -0.4 is 0 Å². The average molecular weight is 778 g/mol. The molecule has 0 saturated carbocycles. The number of benzene rings is 10. The summed E-state index contributed by atoms with van der Waals surface area (Å²) in [7, 11) is 0. The minimum absolute atomic E-state index is 0.835. The first kappa shape index (κ1) is 33.8. The topological polar surface area (TPSA) is 31.2 Å². The maximum absolute atomic E-state index is 6.79. The summed E-state index contributed by atoms with van der Waals surface area (Å²) in [5, 5.41) is 10.5. The molecule has 0 aliphatic heterocycles. The summed E-state index contributed by atoms with van der Waals surface area (Å²) in [4.78, 5) is 0. The van der Waals surface area contributed by atoms with Gasteiger partial charge < -0.3 is 13.4 Å². The molecule has 284 valence electrons. The van der Waals surface area contributed by atoms with Crippen molar-refractivity contribution in [2.45, 2.75) is 0 Å². The van der Waals surface area contributed by atoms with Gasteiger partial charge in [0.25, 0.3) is 0 Å². The van der Waals surface area contributed by atoms with Crippen LogP contribution in [0.15, 0.2) is 221 Å². The molecule has 0 amide bonds. The fourth-order valence-corrected chi connectivity index (χ4v) is 10.0. The first-order valence-corrected chi connectivity index (χ1v) is 20.8. The maximum atomic E-state index is 6.79. The molecule has 13 aromatic rings. The van der Waals surface area contributed by atoms with Crippen molar-refractivity contribution in [3.05, 3.63) is 212 Å². The lowest BCUT2D eigenvalue weighted by atomic mass is 9.84. The van der Waals surface area contributed by atoms with E-state index in [9.17, 15) is 0 Å². The van der Waals surface area contributed by atoms with Gasteiger partial charge in [0.2, 0.25) is 0 Å². The monoisotopic (exact) mass is 777 g/mol. The van der Waals surface area contributed by atoms with E-state index in [4.69, 9.17) is 8.83 Å². The molecule has 0 radical (unpaired) electrons. The summed E-state index contributed by atoms with van der Waals surface area (Å²) < 4.78 is 15.9. The van der Waals surface area contributed by atoms with E-state index in [1.165, 1.54) is 60.0 Å². The van der Waals surface area contributed by atoms with Crippen molar-refractivity contribution in [1.29, 1.82) is 0 Å². The lowest BCUT2D eigenvalue weighted by molar-refractivity contribution is 0.632. The van der Waals surface area contributed by atoms with Crippen LogP contribution in [-0.4, -0.2) is 4.57 Å². The molecule has 0 fully saturated rings. The second-order valence-corrected chi connectivity index (χ2v) is 15.9. The van der Waals surface area contributed by atoms with Crippen molar-refractivity contribution in [3.8, 4) is 50.4 Å². The molecule has 0 spiro atoms. The molecule has 3 heterocycles. The van der Waals surface area contributed by atoms with Crippen molar-refractivity contribution in [3.63, 3.8) is 0 Å². The molecule has 61 heavy (non-hydrogen) atoms. The number of hydrogen-bond acceptors (Lipinski definition) is 2. The zero-order valence-corrected chi connectivity index (χ0v) is 33.0. The van der Waals surface area contributed by atoms with E-state index in [0.717, 1.165) is 66.6 Å². The second-order valence-electron chi connectivity index (χ2n) is 15.9. The zero-order chi connectivity index (χ0) is 40.0. The van der Waals surface area contributed by atoms with Crippen molar-refractivity contribution >= 4 is 76.3 Å². The van der Waals surface area contributed by atoms with Gasteiger partial charge in [-0.15, -0.1) is 0 Å². The Balaban J connectivity index is 1.05. The van der Waals surface area contributed by atoms with Crippen molar-refractivity contribution in [2.24, 2.45) is 0 Å². The number of rotatable bonds is 5. The van der Waals surface area contributed by atoms with Gasteiger partial charge in [0.1, 0.15) is 22.5 Å². The molecule has 3 aromatic heterocycles. The maximum Gasteiger partial charge on any atom is 0.143 e. The van der Waals surface area contributed by atoms with Gasteiger partial charge in [-0.1, -0.05) is 164 Å². The molecule has 0 N–H and O–H groups in total. The van der Waals surface area contributed by atoms with Crippen LogP contribution in [0.5, 0.6) is 0 Å². The normalized spacial score (nSPS) is 11.9. The van der Waals surface area contributed by atoms with Crippen molar-refractivity contribution in [2.75, 3.05) is 0 Å². The summed E-state index contributed by atoms with van der Waals surface area (Å²) in [6.45, 7) is 0. The summed E-state index contributed by atoms with van der Waals surface area (Å²) in [5.41, 5.74) is 14.1. The van der Waals surface area contributed by atoms with E-state index in [1.54, 1.807) is 0 Å². The zero-order valence-electron chi connectivity index (χ0n) is 33.0. The number of hydrogen-bond donors (Lipinski definition) is 0. The molecular formula is C58H35NO2. The highest BCUT2D eigenvalue weighted by atomic mass is 16.3. The molecular weight excluding hydrogens is 743 g/mol. The smallest absolute Gasteiger partial charge is 0.143 e. The predicted molar refractivity (Wildman–Crippen MR) is 255 cm³/mol. The Morgan fingerprint density at radius 1 is 0.295 bits per heavy atom. The molecule has 0 unspecified atom stereocenters.